The smallest absolute Gasteiger partial charge is 0.139 e. The molecule has 148 valence electrons. The Kier molecular flexibility index (Phi) is 5.22. The van der Waals surface area contributed by atoms with Crippen LogP contribution < -0.4 is 5.73 Å². The molecule has 0 bridgehead atoms. The molecule has 28 heavy (non-hydrogen) atoms. The van der Waals surface area contributed by atoms with E-state index < -0.39 is 6.29 Å². The van der Waals surface area contributed by atoms with E-state index in [9.17, 15) is 4.39 Å². The Balaban J connectivity index is 1.88. The summed E-state index contributed by atoms with van der Waals surface area (Å²) in [7, 11) is 1.67. The molecular formula is C19H21BrFN6O-. The highest BCUT2D eigenvalue weighted by atomic mass is 79.9. The molecule has 3 heterocycles. The summed E-state index contributed by atoms with van der Waals surface area (Å²) in [5.41, 5.74) is 9.80. The molecular weight excluding hydrogens is 427 g/mol. The number of methoxy groups -OCH3 is 1. The van der Waals surface area contributed by atoms with E-state index in [4.69, 9.17) is 10.5 Å². The van der Waals surface area contributed by atoms with Gasteiger partial charge in [0.25, 0.3) is 0 Å². The highest BCUT2D eigenvalue weighted by molar-refractivity contribution is 9.10. The summed E-state index contributed by atoms with van der Waals surface area (Å²) in [5.74, 6) is -0.307. The minimum absolute atomic E-state index is 0.307. The molecule has 1 atom stereocenters. The van der Waals surface area contributed by atoms with Crippen molar-refractivity contribution in [1.29, 1.82) is 0 Å². The molecule has 0 saturated carbocycles. The number of aliphatic imine (C=N–C) groups is 1. The molecule has 1 unspecified atom stereocenters. The fourth-order valence-electron chi connectivity index (χ4n) is 3.44. The largest absolute Gasteiger partial charge is 0.648 e. The summed E-state index contributed by atoms with van der Waals surface area (Å²) in [6, 6.07) is 3.32. The van der Waals surface area contributed by atoms with Gasteiger partial charge in [-0.1, -0.05) is 5.69 Å². The van der Waals surface area contributed by atoms with Gasteiger partial charge in [0, 0.05) is 56.4 Å². The molecule has 0 radical (unpaired) electrons. The van der Waals surface area contributed by atoms with Crippen molar-refractivity contribution >= 4 is 38.2 Å². The van der Waals surface area contributed by atoms with Crippen molar-refractivity contribution in [2.24, 2.45) is 10.7 Å². The number of fused-ring (bicyclic) bond motifs is 2. The summed E-state index contributed by atoms with van der Waals surface area (Å²) in [6.07, 6.45) is 3.98. The first-order valence-electron chi connectivity index (χ1n) is 9.11. The number of ether oxygens (including phenoxy) is 1. The Bertz CT molecular complexity index is 1060. The molecule has 1 aliphatic rings. The third-order valence-electron chi connectivity index (χ3n) is 4.75. The van der Waals surface area contributed by atoms with Gasteiger partial charge >= 0.3 is 0 Å². The SMILES string of the molecule is CCn1cc2c(n1)C(c1cn(CCCOC)c3cc(F)c(Br)cc13)=NC(N)[N-]2. The third-order valence-corrected chi connectivity index (χ3v) is 5.36. The first-order chi connectivity index (χ1) is 13.5. The molecule has 7 nitrogen and oxygen atoms in total. The first-order valence-corrected chi connectivity index (χ1v) is 9.90. The molecule has 0 saturated heterocycles. The number of aryl methyl sites for hydroxylation is 2. The van der Waals surface area contributed by atoms with E-state index >= 15 is 0 Å². The Morgan fingerprint density at radius 2 is 2.18 bits per heavy atom. The van der Waals surface area contributed by atoms with E-state index in [1.807, 2.05) is 28.6 Å². The number of benzene rings is 1. The molecule has 4 rings (SSSR count). The summed E-state index contributed by atoms with van der Waals surface area (Å²) in [4.78, 5) is 4.56. The predicted octanol–water partition coefficient (Wildman–Crippen LogP) is 3.89. The maximum Gasteiger partial charge on any atom is 0.139 e. The zero-order valence-electron chi connectivity index (χ0n) is 15.7. The van der Waals surface area contributed by atoms with E-state index in [2.05, 4.69) is 31.3 Å². The van der Waals surface area contributed by atoms with Crippen LogP contribution in [0.5, 0.6) is 0 Å². The Labute approximate surface area is 170 Å². The molecule has 0 spiro atoms. The van der Waals surface area contributed by atoms with Gasteiger partial charge in [0.15, 0.2) is 0 Å². The van der Waals surface area contributed by atoms with Crippen LogP contribution in [0.2, 0.25) is 0 Å². The number of halogens is 2. The van der Waals surface area contributed by atoms with E-state index in [1.165, 1.54) is 6.07 Å². The van der Waals surface area contributed by atoms with E-state index in [0.29, 0.717) is 29.0 Å². The van der Waals surface area contributed by atoms with Crippen molar-refractivity contribution in [1.82, 2.24) is 14.3 Å². The van der Waals surface area contributed by atoms with Crippen LogP contribution in [0, 0.1) is 5.82 Å². The van der Waals surface area contributed by atoms with Crippen molar-refractivity contribution in [3.8, 4) is 0 Å². The Hall–Kier alpha value is -2.23. The highest BCUT2D eigenvalue weighted by Crippen LogP contribution is 2.35. The number of nitrogens with two attached hydrogens (primary N) is 1. The summed E-state index contributed by atoms with van der Waals surface area (Å²) >= 11 is 3.30. The van der Waals surface area contributed by atoms with Gasteiger partial charge in [0.1, 0.15) is 5.82 Å². The van der Waals surface area contributed by atoms with Gasteiger partial charge in [-0.25, -0.2) is 4.39 Å². The maximum absolute atomic E-state index is 14.3. The Morgan fingerprint density at radius 1 is 1.36 bits per heavy atom. The molecule has 2 aromatic heterocycles. The van der Waals surface area contributed by atoms with Crippen molar-refractivity contribution in [3.05, 3.63) is 51.4 Å². The van der Waals surface area contributed by atoms with Crippen LogP contribution >= 0.6 is 15.9 Å². The zero-order chi connectivity index (χ0) is 19.8. The van der Waals surface area contributed by atoms with Gasteiger partial charge in [0.05, 0.1) is 21.4 Å². The van der Waals surface area contributed by atoms with Gasteiger partial charge in [-0.15, -0.1) is 0 Å². The fraction of sp³-hybridized carbons (Fsp3) is 0.368. The topological polar surface area (TPSA) is 84.5 Å². The summed E-state index contributed by atoms with van der Waals surface area (Å²) in [5, 5.41) is 9.88. The van der Waals surface area contributed by atoms with Crippen molar-refractivity contribution in [2.45, 2.75) is 32.7 Å². The lowest BCUT2D eigenvalue weighted by atomic mass is 10.0. The second-order valence-corrected chi connectivity index (χ2v) is 7.46. The molecule has 9 heteroatoms. The van der Waals surface area contributed by atoms with Gasteiger partial charge in [0.2, 0.25) is 0 Å². The minimum atomic E-state index is -0.687. The lowest BCUT2D eigenvalue weighted by Crippen LogP contribution is -2.22. The number of rotatable bonds is 6. The van der Waals surface area contributed by atoms with Crippen LogP contribution in [0.1, 0.15) is 24.6 Å². The third kappa shape index (κ3) is 3.34. The lowest BCUT2D eigenvalue weighted by Gasteiger charge is -2.31. The lowest BCUT2D eigenvalue weighted by molar-refractivity contribution is 0.190. The number of nitrogens with zero attached hydrogens (tertiary/aromatic N) is 5. The van der Waals surface area contributed by atoms with Crippen molar-refractivity contribution in [3.63, 3.8) is 0 Å². The van der Waals surface area contributed by atoms with Gasteiger partial charge in [-0.05, 0) is 41.4 Å². The molecule has 1 aromatic carbocycles. The van der Waals surface area contributed by atoms with Gasteiger partial charge in [-0.2, -0.15) is 5.10 Å². The van der Waals surface area contributed by atoms with E-state index in [1.54, 1.807) is 13.2 Å². The van der Waals surface area contributed by atoms with Crippen LogP contribution in [0.3, 0.4) is 0 Å². The Morgan fingerprint density at radius 3 is 2.93 bits per heavy atom. The monoisotopic (exact) mass is 447 g/mol. The first kappa shape index (κ1) is 19.1. The molecule has 1 aliphatic heterocycles. The fourth-order valence-corrected chi connectivity index (χ4v) is 3.78. The second-order valence-electron chi connectivity index (χ2n) is 6.61. The van der Waals surface area contributed by atoms with Crippen LogP contribution in [-0.4, -0.2) is 40.1 Å². The van der Waals surface area contributed by atoms with Gasteiger partial charge in [-0.3, -0.25) is 9.67 Å². The normalized spacial score (nSPS) is 16.2. The van der Waals surface area contributed by atoms with E-state index in [0.717, 1.165) is 35.1 Å². The predicted molar refractivity (Wildman–Crippen MR) is 111 cm³/mol. The molecule has 3 aromatic rings. The van der Waals surface area contributed by atoms with Crippen molar-refractivity contribution < 1.29 is 9.13 Å². The summed E-state index contributed by atoms with van der Waals surface area (Å²) in [6.45, 7) is 4.06. The highest BCUT2D eigenvalue weighted by Gasteiger charge is 2.22. The van der Waals surface area contributed by atoms with Crippen LogP contribution in [0.4, 0.5) is 10.1 Å². The maximum atomic E-state index is 14.3. The average molecular weight is 448 g/mol. The molecule has 0 fully saturated rings. The number of hydrogen-bond donors (Lipinski definition) is 1. The van der Waals surface area contributed by atoms with Gasteiger partial charge < -0.3 is 20.4 Å². The molecule has 0 aliphatic carbocycles. The van der Waals surface area contributed by atoms with Crippen LogP contribution in [0.25, 0.3) is 16.2 Å². The van der Waals surface area contributed by atoms with Crippen molar-refractivity contribution in [2.75, 3.05) is 13.7 Å². The van der Waals surface area contributed by atoms with E-state index in [-0.39, 0.29) is 5.82 Å². The minimum Gasteiger partial charge on any atom is -0.648 e. The van der Waals surface area contributed by atoms with Crippen LogP contribution in [0.15, 0.2) is 34.0 Å². The molecule has 0 amide bonds. The molecule has 2 N–H and O–H groups in total. The zero-order valence-corrected chi connectivity index (χ0v) is 17.3. The van der Waals surface area contributed by atoms with Crippen LogP contribution in [-0.2, 0) is 17.8 Å². The average Bonchev–Trinajstić information content (AvgIpc) is 3.23. The quantitative estimate of drug-likeness (QED) is 0.581. The summed E-state index contributed by atoms with van der Waals surface area (Å²) < 4.78 is 23.7. The number of aromatic nitrogens is 3. The second kappa shape index (κ2) is 7.65. The standard InChI is InChI=1S/C19H21BrFN6O/c1-3-27-10-15-18(25-27)17(24-19(22)23-15)12-9-26(5-4-6-28-2)16-8-14(21)13(20)7-11(12)16/h7-10,19H,3-6,22H2,1-2H3/q-1. The number of hydrogen-bond acceptors (Lipinski definition) is 4.